The Morgan fingerprint density at radius 2 is 2.07 bits per heavy atom. The fraction of sp³-hybridized carbons (Fsp3) is 0.333. The van der Waals surface area contributed by atoms with Crippen molar-refractivity contribution < 1.29 is 4.92 Å². The van der Waals surface area contributed by atoms with Crippen molar-refractivity contribution in [2.24, 2.45) is 0 Å². The Labute approximate surface area is 94.4 Å². The fourth-order valence-electron chi connectivity index (χ4n) is 1.25. The number of hydrogen-bond donors (Lipinski definition) is 2. The van der Waals surface area contributed by atoms with Gasteiger partial charge in [0, 0.05) is 19.7 Å². The predicted molar refractivity (Wildman–Crippen MR) is 62.7 cm³/mol. The largest absolute Gasteiger partial charge is 0.383 e. The van der Waals surface area contributed by atoms with E-state index in [9.17, 15) is 10.1 Å². The van der Waals surface area contributed by atoms with Crippen molar-refractivity contribution in [2.75, 3.05) is 19.4 Å². The molecule has 0 aliphatic carbocycles. The molecule has 0 aromatic heterocycles. The third-order valence-electron chi connectivity index (χ3n) is 1.91. The van der Waals surface area contributed by atoms with E-state index in [2.05, 4.69) is 10.6 Å². The highest BCUT2D eigenvalue weighted by Crippen LogP contribution is 2.24. The summed E-state index contributed by atoms with van der Waals surface area (Å²) >= 11 is 0. The summed E-state index contributed by atoms with van der Waals surface area (Å²) in [5.74, 6) is 0. The van der Waals surface area contributed by atoms with E-state index in [0.717, 1.165) is 5.56 Å². The number of nitro benzene ring substituents is 1. The fourth-order valence-corrected chi connectivity index (χ4v) is 1.25. The summed E-state index contributed by atoms with van der Waals surface area (Å²) in [5.41, 5.74) is 1.55. The SMILES string of the molecule is CNCc1ccc(NC)c([N+](=O)[O-])c1.Cl. The lowest BCUT2D eigenvalue weighted by Gasteiger charge is -2.04. The van der Waals surface area contributed by atoms with E-state index < -0.39 is 0 Å². The average Bonchev–Trinajstić information content (AvgIpc) is 2.18. The van der Waals surface area contributed by atoms with Gasteiger partial charge in [0.25, 0.3) is 5.69 Å². The van der Waals surface area contributed by atoms with Crippen LogP contribution in [0.5, 0.6) is 0 Å². The first-order valence-electron chi connectivity index (χ1n) is 4.28. The molecule has 0 aliphatic heterocycles. The first kappa shape index (κ1) is 13.7. The van der Waals surface area contributed by atoms with Crippen molar-refractivity contribution in [1.29, 1.82) is 0 Å². The molecule has 0 aliphatic rings. The number of hydrogen-bond acceptors (Lipinski definition) is 4. The minimum absolute atomic E-state index is 0. The Morgan fingerprint density at radius 3 is 2.53 bits per heavy atom. The Morgan fingerprint density at radius 1 is 1.40 bits per heavy atom. The van der Waals surface area contributed by atoms with Gasteiger partial charge in [-0.05, 0) is 18.7 Å². The van der Waals surface area contributed by atoms with Gasteiger partial charge in [0.1, 0.15) is 5.69 Å². The topological polar surface area (TPSA) is 67.2 Å². The van der Waals surface area contributed by atoms with E-state index in [4.69, 9.17) is 0 Å². The minimum Gasteiger partial charge on any atom is -0.383 e. The summed E-state index contributed by atoms with van der Waals surface area (Å²) in [6.07, 6.45) is 0. The van der Waals surface area contributed by atoms with Gasteiger partial charge in [-0.3, -0.25) is 10.1 Å². The van der Waals surface area contributed by atoms with Crippen molar-refractivity contribution in [3.63, 3.8) is 0 Å². The second kappa shape index (κ2) is 6.21. The minimum atomic E-state index is -0.384. The van der Waals surface area contributed by atoms with Crippen LogP contribution in [0.25, 0.3) is 0 Å². The molecule has 1 aromatic rings. The molecule has 6 heteroatoms. The maximum atomic E-state index is 10.7. The van der Waals surface area contributed by atoms with Crippen LogP contribution in [0.3, 0.4) is 0 Å². The Bertz CT molecular complexity index is 344. The molecule has 0 heterocycles. The van der Waals surface area contributed by atoms with E-state index in [0.29, 0.717) is 12.2 Å². The van der Waals surface area contributed by atoms with Gasteiger partial charge in [0.2, 0.25) is 0 Å². The number of halogens is 1. The highest BCUT2D eigenvalue weighted by atomic mass is 35.5. The molecule has 0 radical (unpaired) electrons. The zero-order valence-corrected chi connectivity index (χ0v) is 9.43. The molecule has 0 saturated carbocycles. The van der Waals surface area contributed by atoms with Crippen LogP contribution in [0.1, 0.15) is 5.56 Å². The zero-order chi connectivity index (χ0) is 10.6. The summed E-state index contributed by atoms with van der Waals surface area (Å²) in [4.78, 5) is 10.3. The van der Waals surface area contributed by atoms with Gasteiger partial charge in [-0.25, -0.2) is 0 Å². The summed E-state index contributed by atoms with van der Waals surface area (Å²) in [5, 5.41) is 16.4. The zero-order valence-electron chi connectivity index (χ0n) is 8.61. The van der Waals surface area contributed by atoms with Crippen LogP contribution in [-0.2, 0) is 6.54 Å². The normalized spacial score (nSPS) is 9.20. The molecule has 0 spiro atoms. The van der Waals surface area contributed by atoms with Crippen LogP contribution in [0, 0.1) is 10.1 Å². The van der Waals surface area contributed by atoms with Crippen LogP contribution in [-0.4, -0.2) is 19.0 Å². The second-order valence-electron chi connectivity index (χ2n) is 2.89. The molecule has 15 heavy (non-hydrogen) atoms. The van der Waals surface area contributed by atoms with Gasteiger partial charge < -0.3 is 10.6 Å². The second-order valence-corrected chi connectivity index (χ2v) is 2.89. The van der Waals surface area contributed by atoms with Crippen molar-refractivity contribution in [3.05, 3.63) is 33.9 Å². The Kier molecular flexibility index (Phi) is 5.66. The lowest BCUT2D eigenvalue weighted by atomic mass is 10.1. The van der Waals surface area contributed by atoms with Gasteiger partial charge in [0.15, 0.2) is 0 Å². The molecule has 0 fully saturated rings. The third kappa shape index (κ3) is 3.38. The molecule has 0 amide bonds. The van der Waals surface area contributed by atoms with Crippen LogP contribution >= 0.6 is 12.4 Å². The van der Waals surface area contributed by atoms with Gasteiger partial charge in [-0.1, -0.05) is 6.07 Å². The van der Waals surface area contributed by atoms with E-state index in [-0.39, 0.29) is 23.0 Å². The molecule has 5 nitrogen and oxygen atoms in total. The van der Waals surface area contributed by atoms with Crippen molar-refractivity contribution >= 4 is 23.8 Å². The molecular formula is C9H14ClN3O2. The standard InChI is InChI=1S/C9H13N3O2.ClH/c1-10-6-7-3-4-8(11-2)9(5-7)12(13)14;/h3-5,10-11H,6H2,1-2H3;1H. The van der Waals surface area contributed by atoms with E-state index in [1.807, 2.05) is 6.07 Å². The van der Waals surface area contributed by atoms with Gasteiger partial charge in [-0.15, -0.1) is 12.4 Å². The first-order chi connectivity index (χ1) is 6.69. The Balaban J connectivity index is 0.00000196. The molecular weight excluding hydrogens is 218 g/mol. The van der Waals surface area contributed by atoms with Crippen LogP contribution in [0.2, 0.25) is 0 Å². The van der Waals surface area contributed by atoms with Crippen LogP contribution < -0.4 is 10.6 Å². The molecule has 1 rings (SSSR count). The number of nitrogens with one attached hydrogen (secondary N) is 2. The number of nitrogens with zero attached hydrogens (tertiary/aromatic N) is 1. The van der Waals surface area contributed by atoms with E-state index in [1.54, 1.807) is 26.2 Å². The van der Waals surface area contributed by atoms with Gasteiger partial charge >= 0.3 is 0 Å². The maximum absolute atomic E-state index is 10.7. The quantitative estimate of drug-likeness (QED) is 0.612. The maximum Gasteiger partial charge on any atom is 0.292 e. The molecule has 1 aromatic carbocycles. The van der Waals surface area contributed by atoms with E-state index >= 15 is 0 Å². The number of anilines is 1. The first-order valence-corrected chi connectivity index (χ1v) is 4.28. The van der Waals surface area contributed by atoms with Crippen LogP contribution in [0.15, 0.2) is 18.2 Å². The smallest absolute Gasteiger partial charge is 0.292 e. The van der Waals surface area contributed by atoms with Gasteiger partial charge in [0.05, 0.1) is 4.92 Å². The lowest BCUT2D eigenvalue weighted by Crippen LogP contribution is -2.06. The monoisotopic (exact) mass is 231 g/mol. The highest BCUT2D eigenvalue weighted by molar-refractivity contribution is 5.85. The Hall–Kier alpha value is -1.33. The lowest BCUT2D eigenvalue weighted by molar-refractivity contribution is -0.384. The summed E-state index contributed by atoms with van der Waals surface area (Å²) in [6.45, 7) is 0.630. The summed E-state index contributed by atoms with van der Waals surface area (Å²) < 4.78 is 0. The predicted octanol–water partition coefficient (Wildman–Crippen LogP) is 1.78. The molecule has 84 valence electrons. The molecule has 0 saturated heterocycles. The summed E-state index contributed by atoms with van der Waals surface area (Å²) in [6, 6.07) is 5.14. The number of nitro groups is 1. The number of benzene rings is 1. The molecule has 2 N–H and O–H groups in total. The van der Waals surface area contributed by atoms with Crippen molar-refractivity contribution in [2.45, 2.75) is 6.54 Å². The van der Waals surface area contributed by atoms with Gasteiger partial charge in [-0.2, -0.15) is 0 Å². The molecule has 0 atom stereocenters. The molecule has 0 bridgehead atoms. The summed E-state index contributed by atoms with van der Waals surface area (Å²) in [7, 11) is 3.47. The highest BCUT2D eigenvalue weighted by Gasteiger charge is 2.12. The van der Waals surface area contributed by atoms with Crippen LogP contribution in [0.4, 0.5) is 11.4 Å². The average molecular weight is 232 g/mol. The van der Waals surface area contributed by atoms with Crippen molar-refractivity contribution in [3.8, 4) is 0 Å². The number of rotatable bonds is 4. The third-order valence-corrected chi connectivity index (χ3v) is 1.91. The van der Waals surface area contributed by atoms with Crippen molar-refractivity contribution in [1.82, 2.24) is 5.32 Å². The molecule has 0 unspecified atom stereocenters. The van der Waals surface area contributed by atoms with E-state index in [1.165, 1.54) is 0 Å².